The Hall–Kier alpha value is -1.45. The van der Waals surface area contributed by atoms with Crippen LogP contribution in [0.15, 0.2) is 12.3 Å². The van der Waals surface area contributed by atoms with E-state index in [0.29, 0.717) is 11.4 Å². The number of nitrogens with one attached hydrogen (secondary N) is 1. The van der Waals surface area contributed by atoms with Crippen molar-refractivity contribution in [2.45, 2.75) is 58.0 Å². The zero-order valence-corrected chi connectivity index (χ0v) is 11.3. The lowest BCUT2D eigenvalue weighted by molar-refractivity contribution is 0.0810. The summed E-state index contributed by atoms with van der Waals surface area (Å²) in [7, 11) is 0. The summed E-state index contributed by atoms with van der Waals surface area (Å²) < 4.78 is 1.95. The van der Waals surface area contributed by atoms with E-state index >= 15 is 0 Å². The van der Waals surface area contributed by atoms with Gasteiger partial charge in [0, 0.05) is 18.3 Å². The van der Waals surface area contributed by atoms with Crippen molar-refractivity contribution in [1.82, 2.24) is 9.88 Å². The largest absolute Gasteiger partial charge is 0.397 e. The van der Waals surface area contributed by atoms with Crippen molar-refractivity contribution in [2.24, 2.45) is 0 Å². The van der Waals surface area contributed by atoms with Gasteiger partial charge >= 0.3 is 0 Å². The molecule has 1 fully saturated rings. The topological polar surface area (TPSA) is 60.0 Å². The fraction of sp³-hybridized carbons (Fsp3) is 0.643. The summed E-state index contributed by atoms with van der Waals surface area (Å²) in [6.07, 6.45) is 7.25. The number of hydrogen-bond acceptors (Lipinski definition) is 2. The fourth-order valence-electron chi connectivity index (χ4n) is 2.62. The molecule has 0 aliphatic heterocycles. The van der Waals surface area contributed by atoms with E-state index in [-0.39, 0.29) is 11.4 Å². The van der Waals surface area contributed by atoms with E-state index in [1.807, 2.05) is 10.8 Å². The van der Waals surface area contributed by atoms with Crippen molar-refractivity contribution in [3.63, 3.8) is 0 Å². The smallest absolute Gasteiger partial charge is 0.268 e. The minimum Gasteiger partial charge on any atom is -0.397 e. The molecule has 0 spiro atoms. The number of nitrogens with zero attached hydrogens (tertiary/aromatic N) is 1. The summed E-state index contributed by atoms with van der Waals surface area (Å²) >= 11 is 0. The van der Waals surface area contributed by atoms with Crippen LogP contribution in [0.3, 0.4) is 0 Å². The van der Waals surface area contributed by atoms with Gasteiger partial charge in [-0.15, -0.1) is 0 Å². The van der Waals surface area contributed by atoms with Gasteiger partial charge in [0.2, 0.25) is 0 Å². The Balaban J connectivity index is 2.13. The molecule has 1 aliphatic carbocycles. The Morgan fingerprint density at radius 3 is 2.72 bits per heavy atom. The van der Waals surface area contributed by atoms with Crippen LogP contribution in [0.1, 0.15) is 56.4 Å². The van der Waals surface area contributed by atoms with Crippen LogP contribution in [-0.2, 0) is 6.54 Å². The van der Waals surface area contributed by atoms with Crippen molar-refractivity contribution in [1.29, 1.82) is 0 Å². The highest BCUT2D eigenvalue weighted by Gasteiger charge is 2.37. The third-order valence-electron chi connectivity index (χ3n) is 3.98. The summed E-state index contributed by atoms with van der Waals surface area (Å²) in [5, 5.41) is 3.19. The van der Waals surface area contributed by atoms with Gasteiger partial charge in [0.15, 0.2) is 0 Å². The van der Waals surface area contributed by atoms with E-state index in [9.17, 15) is 4.79 Å². The summed E-state index contributed by atoms with van der Waals surface area (Å²) in [6.45, 7) is 5.06. The van der Waals surface area contributed by atoms with Crippen LogP contribution < -0.4 is 11.1 Å². The molecule has 1 amide bonds. The molecule has 4 heteroatoms. The van der Waals surface area contributed by atoms with Gasteiger partial charge in [0.1, 0.15) is 5.69 Å². The lowest BCUT2D eigenvalue weighted by Gasteiger charge is -2.42. The monoisotopic (exact) mass is 249 g/mol. The summed E-state index contributed by atoms with van der Waals surface area (Å²) in [4.78, 5) is 12.3. The molecule has 1 saturated carbocycles. The third kappa shape index (κ3) is 2.37. The molecular formula is C14H23N3O. The number of amides is 1. The third-order valence-corrected chi connectivity index (χ3v) is 3.98. The van der Waals surface area contributed by atoms with Crippen LogP contribution in [0.25, 0.3) is 0 Å². The molecule has 1 aliphatic rings. The lowest BCUT2D eigenvalue weighted by Crippen LogP contribution is -2.53. The van der Waals surface area contributed by atoms with Crippen LogP contribution >= 0.6 is 0 Å². The molecule has 3 N–H and O–H groups in total. The van der Waals surface area contributed by atoms with Gasteiger partial charge in [0.25, 0.3) is 5.91 Å². The highest BCUT2D eigenvalue weighted by molar-refractivity contribution is 5.94. The van der Waals surface area contributed by atoms with E-state index in [1.165, 1.54) is 6.42 Å². The molecule has 0 atom stereocenters. The Bertz CT molecular complexity index is 427. The van der Waals surface area contributed by atoms with E-state index in [1.54, 1.807) is 6.07 Å². The number of rotatable bonds is 5. The first kappa shape index (κ1) is 13.0. The van der Waals surface area contributed by atoms with Crippen molar-refractivity contribution >= 4 is 11.6 Å². The normalized spacial score (nSPS) is 17.2. The Kier molecular flexibility index (Phi) is 3.64. The molecule has 18 heavy (non-hydrogen) atoms. The highest BCUT2D eigenvalue weighted by Crippen LogP contribution is 2.34. The number of hydrogen-bond donors (Lipinski definition) is 2. The predicted molar refractivity (Wildman–Crippen MR) is 73.5 cm³/mol. The molecule has 0 unspecified atom stereocenters. The number of anilines is 1. The lowest BCUT2D eigenvalue weighted by atomic mass is 9.75. The van der Waals surface area contributed by atoms with Crippen LogP contribution in [0.5, 0.6) is 0 Å². The first-order valence-corrected chi connectivity index (χ1v) is 6.88. The summed E-state index contributed by atoms with van der Waals surface area (Å²) in [5.41, 5.74) is 7.17. The van der Waals surface area contributed by atoms with Crippen molar-refractivity contribution in [3.05, 3.63) is 18.0 Å². The standard InChI is InChI=1S/C14H23N3O/c1-3-8-17-10-11(15)9-12(17)13(18)16-14(4-2)6-5-7-14/h9-10H,3-8,15H2,1-2H3,(H,16,18). The van der Waals surface area contributed by atoms with Crippen LogP contribution in [-0.4, -0.2) is 16.0 Å². The van der Waals surface area contributed by atoms with E-state index in [0.717, 1.165) is 32.2 Å². The van der Waals surface area contributed by atoms with Gasteiger partial charge in [-0.25, -0.2) is 0 Å². The number of carbonyl (C=O) groups is 1. The molecule has 0 aromatic carbocycles. The molecule has 1 aromatic heterocycles. The number of nitrogen functional groups attached to an aromatic ring is 1. The summed E-state index contributed by atoms with van der Waals surface area (Å²) in [5.74, 6) is 0.0155. The fourth-order valence-corrected chi connectivity index (χ4v) is 2.62. The maximum atomic E-state index is 12.3. The predicted octanol–water partition coefficient (Wildman–Crippen LogP) is 2.54. The average Bonchev–Trinajstić information content (AvgIpc) is 2.65. The van der Waals surface area contributed by atoms with E-state index in [2.05, 4.69) is 19.2 Å². The molecule has 2 rings (SSSR count). The van der Waals surface area contributed by atoms with Crippen molar-refractivity contribution < 1.29 is 4.79 Å². The van der Waals surface area contributed by atoms with E-state index < -0.39 is 0 Å². The molecule has 0 radical (unpaired) electrons. The molecule has 1 aromatic rings. The van der Waals surface area contributed by atoms with Crippen LogP contribution in [0.2, 0.25) is 0 Å². The molecule has 4 nitrogen and oxygen atoms in total. The summed E-state index contributed by atoms with van der Waals surface area (Å²) in [6, 6.07) is 1.77. The van der Waals surface area contributed by atoms with Gasteiger partial charge < -0.3 is 15.6 Å². The second kappa shape index (κ2) is 5.04. The molecule has 1 heterocycles. The second-order valence-electron chi connectivity index (χ2n) is 5.29. The molecule has 0 bridgehead atoms. The minimum absolute atomic E-state index is 0.0155. The van der Waals surface area contributed by atoms with Crippen molar-refractivity contribution in [2.75, 3.05) is 5.73 Å². The first-order valence-electron chi connectivity index (χ1n) is 6.88. The number of nitrogens with two attached hydrogens (primary N) is 1. The maximum absolute atomic E-state index is 12.3. The van der Waals surface area contributed by atoms with Crippen LogP contribution in [0, 0.1) is 0 Å². The van der Waals surface area contributed by atoms with E-state index in [4.69, 9.17) is 5.73 Å². The van der Waals surface area contributed by atoms with Gasteiger partial charge in [-0.1, -0.05) is 13.8 Å². The Morgan fingerprint density at radius 2 is 2.22 bits per heavy atom. The van der Waals surface area contributed by atoms with Crippen LogP contribution in [0.4, 0.5) is 5.69 Å². The molecule has 100 valence electrons. The SMILES string of the molecule is CCCn1cc(N)cc1C(=O)NC1(CC)CCC1. The van der Waals surface area contributed by atoms with Gasteiger partial charge in [-0.3, -0.25) is 4.79 Å². The van der Waals surface area contributed by atoms with Crippen molar-refractivity contribution in [3.8, 4) is 0 Å². The molecular weight excluding hydrogens is 226 g/mol. The number of aromatic nitrogens is 1. The average molecular weight is 249 g/mol. The minimum atomic E-state index is 0.0155. The number of carbonyl (C=O) groups excluding carboxylic acids is 1. The quantitative estimate of drug-likeness (QED) is 0.842. The maximum Gasteiger partial charge on any atom is 0.268 e. The zero-order chi connectivity index (χ0) is 13.2. The second-order valence-corrected chi connectivity index (χ2v) is 5.29. The van der Waals surface area contributed by atoms with Gasteiger partial charge in [0.05, 0.1) is 5.69 Å². The number of aryl methyl sites for hydroxylation is 1. The first-order chi connectivity index (χ1) is 8.60. The zero-order valence-electron chi connectivity index (χ0n) is 11.3. The van der Waals surface area contributed by atoms with Gasteiger partial charge in [-0.2, -0.15) is 0 Å². The highest BCUT2D eigenvalue weighted by atomic mass is 16.2. The Morgan fingerprint density at radius 1 is 1.50 bits per heavy atom. The van der Waals surface area contributed by atoms with Gasteiger partial charge in [-0.05, 0) is 38.2 Å². The molecule has 0 saturated heterocycles. The Labute approximate surface area is 109 Å².